The molecule has 0 aliphatic heterocycles. The molecule has 0 unspecified atom stereocenters. The first kappa shape index (κ1) is 16.8. The highest BCUT2D eigenvalue weighted by molar-refractivity contribution is 6.31. The Bertz CT molecular complexity index is 616. The summed E-state index contributed by atoms with van der Waals surface area (Å²) in [5.41, 5.74) is 1.87. The number of hydrogen-bond donors (Lipinski definition) is 1. The third-order valence-corrected chi connectivity index (χ3v) is 3.59. The van der Waals surface area contributed by atoms with Crippen LogP contribution in [0.4, 0.5) is 4.39 Å². The summed E-state index contributed by atoms with van der Waals surface area (Å²) in [6, 6.07) is 12.2. The van der Waals surface area contributed by atoms with Gasteiger partial charge >= 0.3 is 0 Å². The minimum absolute atomic E-state index is 0.320. The van der Waals surface area contributed by atoms with Gasteiger partial charge in [-0.25, -0.2) is 4.39 Å². The monoisotopic (exact) mass is 321 g/mol. The molecule has 0 aliphatic rings. The van der Waals surface area contributed by atoms with Crippen molar-refractivity contribution in [3.63, 3.8) is 0 Å². The highest BCUT2D eigenvalue weighted by atomic mass is 35.5. The van der Waals surface area contributed by atoms with Crippen LogP contribution in [-0.2, 0) is 13.2 Å². The summed E-state index contributed by atoms with van der Waals surface area (Å²) in [5, 5.41) is 3.79. The fraction of sp³-hybridized carbons (Fsp3) is 0.333. The van der Waals surface area contributed by atoms with Crippen molar-refractivity contribution >= 4 is 11.6 Å². The van der Waals surface area contributed by atoms with Crippen molar-refractivity contribution < 1.29 is 9.13 Å². The Balaban J connectivity index is 2.00. The van der Waals surface area contributed by atoms with Gasteiger partial charge in [0.2, 0.25) is 0 Å². The van der Waals surface area contributed by atoms with Crippen LogP contribution in [0.15, 0.2) is 42.5 Å². The average Bonchev–Trinajstić information content (AvgIpc) is 2.47. The molecule has 0 amide bonds. The molecule has 0 fully saturated rings. The summed E-state index contributed by atoms with van der Waals surface area (Å²) in [7, 11) is 0. The highest BCUT2D eigenvalue weighted by Crippen LogP contribution is 2.22. The van der Waals surface area contributed by atoms with Gasteiger partial charge in [-0.3, -0.25) is 0 Å². The molecule has 0 saturated carbocycles. The largest absolute Gasteiger partial charge is 0.489 e. The molecule has 2 aromatic carbocycles. The van der Waals surface area contributed by atoms with Gasteiger partial charge in [0.25, 0.3) is 0 Å². The summed E-state index contributed by atoms with van der Waals surface area (Å²) in [5.74, 6) is 1.08. The summed E-state index contributed by atoms with van der Waals surface area (Å²) in [6.45, 7) is 6.38. The lowest BCUT2D eigenvalue weighted by molar-refractivity contribution is 0.302. The van der Waals surface area contributed by atoms with Crippen molar-refractivity contribution in [3.05, 3.63) is 64.4 Å². The van der Waals surface area contributed by atoms with E-state index in [1.54, 1.807) is 6.07 Å². The maximum Gasteiger partial charge on any atom is 0.124 e. The molecule has 0 aliphatic carbocycles. The number of halogens is 2. The molecular formula is C18H21ClFNO. The van der Waals surface area contributed by atoms with Crippen LogP contribution in [0, 0.1) is 11.7 Å². The molecule has 22 heavy (non-hydrogen) atoms. The van der Waals surface area contributed by atoms with E-state index in [1.807, 2.05) is 24.3 Å². The molecule has 0 radical (unpaired) electrons. The Morgan fingerprint density at radius 3 is 2.64 bits per heavy atom. The first-order chi connectivity index (χ1) is 10.6. The summed E-state index contributed by atoms with van der Waals surface area (Å²) < 4.78 is 18.9. The summed E-state index contributed by atoms with van der Waals surface area (Å²) in [6.07, 6.45) is 0. The van der Waals surface area contributed by atoms with E-state index in [2.05, 4.69) is 19.2 Å². The molecule has 0 heterocycles. The molecule has 0 aromatic heterocycles. The molecule has 0 spiro atoms. The molecule has 1 N–H and O–H groups in total. The van der Waals surface area contributed by atoms with Crippen LogP contribution in [0.25, 0.3) is 0 Å². The smallest absolute Gasteiger partial charge is 0.124 e. The molecule has 0 bridgehead atoms. The summed E-state index contributed by atoms with van der Waals surface area (Å²) in [4.78, 5) is 0. The van der Waals surface area contributed by atoms with E-state index in [4.69, 9.17) is 16.3 Å². The molecule has 2 aromatic rings. The average molecular weight is 322 g/mol. The number of nitrogens with one attached hydrogen (secondary N) is 1. The van der Waals surface area contributed by atoms with Gasteiger partial charge in [-0.1, -0.05) is 49.7 Å². The predicted molar refractivity (Wildman–Crippen MR) is 88.7 cm³/mol. The van der Waals surface area contributed by atoms with Gasteiger partial charge in [-0.2, -0.15) is 0 Å². The topological polar surface area (TPSA) is 21.3 Å². The fourth-order valence-corrected chi connectivity index (χ4v) is 2.30. The standard InChI is InChI=1S/C18H21ClFNO/c1-13(2)10-21-11-14-5-3-4-6-18(14)22-12-15-7-8-16(20)9-17(15)19/h3-9,13,21H,10-12H2,1-2H3. The van der Waals surface area contributed by atoms with E-state index in [0.717, 1.165) is 30.0 Å². The first-order valence-electron chi connectivity index (χ1n) is 7.41. The van der Waals surface area contributed by atoms with E-state index < -0.39 is 0 Å². The molecule has 4 heteroatoms. The van der Waals surface area contributed by atoms with Gasteiger partial charge < -0.3 is 10.1 Å². The number of ether oxygens (including phenoxy) is 1. The van der Waals surface area contributed by atoms with Crippen LogP contribution in [0.2, 0.25) is 5.02 Å². The van der Waals surface area contributed by atoms with Crippen molar-refractivity contribution in [1.29, 1.82) is 0 Å². The number of benzene rings is 2. The van der Waals surface area contributed by atoms with E-state index in [0.29, 0.717) is 17.5 Å². The minimum Gasteiger partial charge on any atom is -0.489 e. The minimum atomic E-state index is -0.341. The molecule has 2 rings (SSSR count). The van der Waals surface area contributed by atoms with Crippen LogP contribution >= 0.6 is 11.6 Å². The fourth-order valence-electron chi connectivity index (χ4n) is 2.08. The van der Waals surface area contributed by atoms with Crippen molar-refractivity contribution in [2.24, 2.45) is 5.92 Å². The van der Waals surface area contributed by atoms with E-state index >= 15 is 0 Å². The van der Waals surface area contributed by atoms with Gasteiger partial charge in [-0.05, 0) is 30.7 Å². The molecule has 118 valence electrons. The Morgan fingerprint density at radius 1 is 1.14 bits per heavy atom. The van der Waals surface area contributed by atoms with Crippen LogP contribution in [0.1, 0.15) is 25.0 Å². The Kier molecular flexibility index (Phi) is 6.22. The molecular weight excluding hydrogens is 301 g/mol. The number of para-hydroxylation sites is 1. The van der Waals surface area contributed by atoms with E-state index in [-0.39, 0.29) is 5.82 Å². The first-order valence-corrected chi connectivity index (χ1v) is 7.79. The van der Waals surface area contributed by atoms with Gasteiger partial charge in [0.05, 0.1) is 5.02 Å². The zero-order chi connectivity index (χ0) is 15.9. The normalized spacial score (nSPS) is 11.0. The summed E-state index contributed by atoms with van der Waals surface area (Å²) >= 11 is 6.02. The third-order valence-electron chi connectivity index (χ3n) is 3.24. The lowest BCUT2D eigenvalue weighted by Gasteiger charge is -2.13. The van der Waals surface area contributed by atoms with Gasteiger partial charge in [0, 0.05) is 17.7 Å². The Hall–Kier alpha value is -1.58. The van der Waals surface area contributed by atoms with Crippen LogP contribution < -0.4 is 10.1 Å². The Labute approximate surface area is 136 Å². The molecule has 2 nitrogen and oxygen atoms in total. The van der Waals surface area contributed by atoms with Crippen LogP contribution in [0.5, 0.6) is 5.75 Å². The lowest BCUT2D eigenvalue weighted by atomic mass is 10.1. The zero-order valence-corrected chi connectivity index (χ0v) is 13.7. The van der Waals surface area contributed by atoms with Crippen molar-refractivity contribution in [3.8, 4) is 5.75 Å². The number of rotatable bonds is 7. The van der Waals surface area contributed by atoms with Crippen molar-refractivity contribution in [2.45, 2.75) is 27.0 Å². The third kappa shape index (κ3) is 5.00. The zero-order valence-electron chi connectivity index (χ0n) is 12.9. The van der Waals surface area contributed by atoms with E-state index in [1.165, 1.54) is 12.1 Å². The van der Waals surface area contributed by atoms with Crippen LogP contribution in [-0.4, -0.2) is 6.54 Å². The molecule has 0 atom stereocenters. The second kappa shape index (κ2) is 8.16. The highest BCUT2D eigenvalue weighted by Gasteiger charge is 2.06. The molecule has 0 saturated heterocycles. The van der Waals surface area contributed by atoms with E-state index in [9.17, 15) is 4.39 Å². The quantitative estimate of drug-likeness (QED) is 0.790. The second-order valence-corrected chi connectivity index (χ2v) is 6.06. The van der Waals surface area contributed by atoms with Crippen molar-refractivity contribution in [2.75, 3.05) is 6.54 Å². The van der Waals surface area contributed by atoms with Gasteiger partial charge in [0.1, 0.15) is 18.2 Å². The SMILES string of the molecule is CC(C)CNCc1ccccc1OCc1ccc(F)cc1Cl. The Morgan fingerprint density at radius 2 is 1.91 bits per heavy atom. The van der Waals surface area contributed by atoms with Gasteiger partial charge in [-0.15, -0.1) is 0 Å². The van der Waals surface area contributed by atoms with Crippen molar-refractivity contribution in [1.82, 2.24) is 5.32 Å². The lowest BCUT2D eigenvalue weighted by Crippen LogP contribution is -2.19. The second-order valence-electron chi connectivity index (χ2n) is 5.66. The van der Waals surface area contributed by atoms with Gasteiger partial charge in [0.15, 0.2) is 0 Å². The maximum atomic E-state index is 13.0. The maximum absolute atomic E-state index is 13.0. The predicted octanol–water partition coefficient (Wildman–Crippen LogP) is 4.80. The number of hydrogen-bond acceptors (Lipinski definition) is 2. The van der Waals surface area contributed by atoms with Crippen LogP contribution in [0.3, 0.4) is 0 Å².